The van der Waals surface area contributed by atoms with Gasteiger partial charge in [-0.2, -0.15) is 0 Å². The summed E-state index contributed by atoms with van der Waals surface area (Å²) >= 11 is 5.31. The summed E-state index contributed by atoms with van der Waals surface area (Å²) in [6, 6.07) is 0. The van der Waals surface area contributed by atoms with Crippen LogP contribution in [0.1, 0.15) is 27.7 Å². The number of rotatable bonds is 3. The van der Waals surface area contributed by atoms with Gasteiger partial charge in [0.2, 0.25) is 5.91 Å². The Morgan fingerprint density at radius 3 is 2.08 bits per heavy atom. The van der Waals surface area contributed by atoms with Gasteiger partial charge >= 0.3 is 0 Å². The van der Waals surface area contributed by atoms with Gasteiger partial charge < -0.3 is 10.4 Å². The molecule has 2 N–H and O–H groups in total. The summed E-state index contributed by atoms with van der Waals surface area (Å²) in [4.78, 5) is 10.9. The van der Waals surface area contributed by atoms with Crippen molar-refractivity contribution >= 4 is 17.5 Å². The van der Waals surface area contributed by atoms with Crippen molar-refractivity contribution in [3.05, 3.63) is 0 Å². The third-order valence-electron chi connectivity index (χ3n) is 2.10. The van der Waals surface area contributed by atoms with Crippen molar-refractivity contribution in [2.75, 3.05) is 5.88 Å². The second-order valence-corrected chi connectivity index (χ2v) is 4.13. The lowest BCUT2D eigenvalue weighted by Crippen LogP contribution is -2.58. The average Bonchev–Trinajstić information content (AvgIpc) is 1.84. The zero-order valence-electron chi connectivity index (χ0n) is 7.94. The molecule has 0 fully saturated rings. The van der Waals surface area contributed by atoms with Crippen LogP contribution in [0.15, 0.2) is 0 Å². The van der Waals surface area contributed by atoms with Crippen molar-refractivity contribution in [1.29, 1.82) is 0 Å². The van der Waals surface area contributed by atoms with E-state index in [0.29, 0.717) is 0 Å². The molecule has 1 amide bonds. The number of alkyl halides is 1. The van der Waals surface area contributed by atoms with E-state index in [4.69, 9.17) is 11.6 Å². The Kier molecular flexibility index (Phi) is 3.54. The minimum absolute atomic E-state index is 0.0838. The quantitative estimate of drug-likeness (QED) is 0.655. The summed E-state index contributed by atoms with van der Waals surface area (Å²) in [5, 5.41) is 12.3. The van der Waals surface area contributed by atoms with Gasteiger partial charge in [0, 0.05) is 0 Å². The Morgan fingerprint density at radius 1 is 1.42 bits per heavy atom. The molecule has 72 valence electrons. The first-order valence-electron chi connectivity index (χ1n) is 3.80. The molecule has 0 rings (SSSR count). The molecular weight excluding hydrogens is 178 g/mol. The maximum Gasteiger partial charge on any atom is 0.235 e. The van der Waals surface area contributed by atoms with Gasteiger partial charge in [-0.25, -0.2) is 0 Å². The monoisotopic (exact) mass is 193 g/mol. The van der Waals surface area contributed by atoms with Crippen LogP contribution in [-0.4, -0.2) is 28.0 Å². The van der Waals surface area contributed by atoms with E-state index in [1.54, 1.807) is 27.7 Å². The molecule has 4 heteroatoms. The van der Waals surface area contributed by atoms with E-state index in [1.807, 2.05) is 0 Å². The zero-order valence-corrected chi connectivity index (χ0v) is 8.70. The van der Waals surface area contributed by atoms with Crippen molar-refractivity contribution in [1.82, 2.24) is 5.32 Å². The lowest BCUT2D eigenvalue weighted by atomic mass is 9.86. The molecule has 3 nitrogen and oxygen atoms in total. The Labute approximate surface area is 78.1 Å². The molecule has 0 saturated carbocycles. The van der Waals surface area contributed by atoms with E-state index >= 15 is 0 Å². The summed E-state index contributed by atoms with van der Waals surface area (Å²) in [7, 11) is 0. The molecule has 0 unspecified atom stereocenters. The van der Waals surface area contributed by atoms with Crippen LogP contribution in [0.5, 0.6) is 0 Å². The van der Waals surface area contributed by atoms with Crippen LogP contribution >= 0.6 is 11.6 Å². The lowest BCUT2D eigenvalue weighted by Gasteiger charge is -2.37. The predicted octanol–water partition coefficient (Wildman–Crippen LogP) is 0.891. The highest BCUT2D eigenvalue weighted by Crippen LogP contribution is 2.20. The maximum atomic E-state index is 10.9. The molecule has 0 aromatic rings. The topological polar surface area (TPSA) is 49.3 Å². The van der Waals surface area contributed by atoms with Crippen LogP contribution in [0.4, 0.5) is 0 Å². The highest BCUT2D eigenvalue weighted by Gasteiger charge is 2.35. The van der Waals surface area contributed by atoms with E-state index in [2.05, 4.69) is 5.32 Å². The molecule has 0 radical (unpaired) electrons. The summed E-state index contributed by atoms with van der Waals surface area (Å²) in [5.74, 6) is -0.358. The van der Waals surface area contributed by atoms with Crippen LogP contribution in [0, 0.1) is 0 Å². The minimum Gasteiger partial charge on any atom is -0.388 e. The summed E-state index contributed by atoms with van der Waals surface area (Å²) < 4.78 is 0. The van der Waals surface area contributed by atoms with Gasteiger partial charge in [-0.15, -0.1) is 11.6 Å². The molecule has 12 heavy (non-hydrogen) atoms. The zero-order chi connectivity index (χ0) is 9.99. The Bertz CT molecular complexity index is 172. The van der Waals surface area contributed by atoms with Crippen molar-refractivity contribution in [2.45, 2.75) is 38.8 Å². The molecule has 0 aromatic carbocycles. The third-order valence-corrected chi connectivity index (χ3v) is 2.35. The van der Waals surface area contributed by atoms with Crippen molar-refractivity contribution < 1.29 is 9.90 Å². The SMILES string of the molecule is CC(C)(O)C(C)(C)NC(=O)CCl. The molecule has 0 aliphatic carbocycles. The number of carbonyl (C=O) groups excluding carboxylic acids is 1. The highest BCUT2D eigenvalue weighted by molar-refractivity contribution is 6.27. The van der Waals surface area contributed by atoms with Crippen LogP contribution in [-0.2, 0) is 4.79 Å². The molecular formula is C8H16ClNO2. The predicted molar refractivity (Wildman–Crippen MR) is 49.2 cm³/mol. The van der Waals surface area contributed by atoms with Crippen LogP contribution < -0.4 is 5.32 Å². The molecule has 0 spiro atoms. The average molecular weight is 194 g/mol. The van der Waals surface area contributed by atoms with Gasteiger partial charge in [0.25, 0.3) is 0 Å². The van der Waals surface area contributed by atoms with Gasteiger partial charge in [0.15, 0.2) is 0 Å². The van der Waals surface area contributed by atoms with Gasteiger partial charge in [-0.05, 0) is 27.7 Å². The standard InChI is InChI=1S/C8H16ClNO2/c1-7(2,8(3,4)12)10-6(11)5-9/h12H,5H2,1-4H3,(H,10,11). The number of amides is 1. The minimum atomic E-state index is -0.964. The molecule has 0 aliphatic rings. The van der Waals surface area contributed by atoms with Crippen LogP contribution in [0.2, 0.25) is 0 Å². The van der Waals surface area contributed by atoms with Crippen molar-refractivity contribution in [3.63, 3.8) is 0 Å². The molecule has 0 atom stereocenters. The number of nitrogens with one attached hydrogen (secondary N) is 1. The second kappa shape index (κ2) is 3.62. The Balaban J connectivity index is 4.33. The maximum absolute atomic E-state index is 10.9. The largest absolute Gasteiger partial charge is 0.388 e. The number of carbonyl (C=O) groups is 1. The van der Waals surface area contributed by atoms with E-state index in [0.717, 1.165) is 0 Å². The Morgan fingerprint density at radius 2 is 1.83 bits per heavy atom. The van der Waals surface area contributed by atoms with E-state index in [-0.39, 0.29) is 11.8 Å². The molecule has 0 bridgehead atoms. The first-order valence-corrected chi connectivity index (χ1v) is 4.33. The fourth-order valence-corrected chi connectivity index (χ4v) is 0.602. The number of halogens is 1. The summed E-state index contributed by atoms with van der Waals surface area (Å²) in [6.45, 7) is 6.78. The third kappa shape index (κ3) is 2.99. The van der Waals surface area contributed by atoms with Crippen molar-refractivity contribution in [3.8, 4) is 0 Å². The fraction of sp³-hybridized carbons (Fsp3) is 0.875. The van der Waals surface area contributed by atoms with Crippen LogP contribution in [0.3, 0.4) is 0 Å². The van der Waals surface area contributed by atoms with E-state index < -0.39 is 11.1 Å². The lowest BCUT2D eigenvalue weighted by molar-refractivity contribution is -0.123. The summed E-state index contributed by atoms with van der Waals surface area (Å²) in [6.07, 6.45) is 0. The number of hydrogen-bond acceptors (Lipinski definition) is 2. The normalized spacial score (nSPS) is 12.8. The number of aliphatic hydroxyl groups is 1. The molecule has 0 heterocycles. The van der Waals surface area contributed by atoms with E-state index in [1.165, 1.54) is 0 Å². The smallest absolute Gasteiger partial charge is 0.235 e. The first-order chi connectivity index (χ1) is 5.20. The van der Waals surface area contributed by atoms with Gasteiger partial charge in [-0.3, -0.25) is 4.79 Å². The highest BCUT2D eigenvalue weighted by atomic mass is 35.5. The Hall–Kier alpha value is -0.280. The van der Waals surface area contributed by atoms with Gasteiger partial charge in [0.05, 0.1) is 11.1 Å². The second-order valence-electron chi connectivity index (χ2n) is 3.87. The number of hydrogen-bond donors (Lipinski definition) is 2. The molecule has 0 aromatic heterocycles. The van der Waals surface area contributed by atoms with Crippen molar-refractivity contribution in [2.24, 2.45) is 0 Å². The molecule has 0 aliphatic heterocycles. The fourth-order valence-electron chi connectivity index (χ4n) is 0.535. The molecule has 0 saturated heterocycles. The van der Waals surface area contributed by atoms with Crippen LogP contribution in [0.25, 0.3) is 0 Å². The van der Waals surface area contributed by atoms with E-state index in [9.17, 15) is 9.90 Å². The first kappa shape index (κ1) is 11.7. The van der Waals surface area contributed by atoms with Gasteiger partial charge in [-0.1, -0.05) is 0 Å². The summed E-state index contributed by atoms with van der Waals surface area (Å²) in [5.41, 5.74) is -1.63. The van der Waals surface area contributed by atoms with Gasteiger partial charge in [0.1, 0.15) is 5.88 Å².